The van der Waals surface area contributed by atoms with Crippen LogP contribution < -0.4 is 5.32 Å². The van der Waals surface area contributed by atoms with Crippen LogP contribution >= 0.6 is 0 Å². The molecule has 0 aromatic heterocycles. The van der Waals surface area contributed by atoms with Crippen LogP contribution in [0.4, 0.5) is 4.79 Å². The van der Waals surface area contributed by atoms with Gasteiger partial charge in [-0.15, -0.1) is 0 Å². The SMILES string of the molecule is CN1CCC(C)(CNC(=O)OCc2ccccc2)CC1. The largest absolute Gasteiger partial charge is 0.445 e. The Bertz CT molecular complexity index is 425. The van der Waals surface area contributed by atoms with Gasteiger partial charge in [0.15, 0.2) is 0 Å². The molecule has 1 amide bonds. The highest BCUT2D eigenvalue weighted by molar-refractivity contribution is 5.67. The van der Waals surface area contributed by atoms with Crippen molar-refractivity contribution in [2.24, 2.45) is 5.41 Å². The number of piperidine rings is 1. The molecule has 1 aliphatic heterocycles. The molecule has 1 saturated heterocycles. The van der Waals surface area contributed by atoms with Crippen molar-refractivity contribution >= 4 is 6.09 Å². The number of rotatable bonds is 4. The Morgan fingerprint density at radius 2 is 1.95 bits per heavy atom. The molecule has 110 valence electrons. The number of alkyl carbamates (subject to hydrolysis) is 1. The molecule has 1 aromatic carbocycles. The summed E-state index contributed by atoms with van der Waals surface area (Å²) in [6.07, 6.45) is 1.90. The molecule has 0 bridgehead atoms. The number of hydrogen-bond acceptors (Lipinski definition) is 3. The monoisotopic (exact) mass is 276 g/mol. The molecule has 1 fully saturated rings. The molecule has 0 spiro atoms. The van der Waals surface area contributed by atoms with Gasteiger partial charge in [-0.2, -0.15) is 0 Å². The number of nitrogens with one attached hydrogen (secondary N) is 1. The van der Waals surface area contributed by atoms with Crippen molar-refractivity contribution in [3.05, 3.63) is 35.9 Å². The second-order valence-electron chi connectivity index (χ2n) is 6.03. The molecular weight excluding hydrogens is 252 g/mol. The highest BCUT2D eigenvalue weighted by atomic mass is 16.5. The third-order valence-electron chi connectivity index (χ3n) is 4.07. The molecule has 0 aliphatic carbocycles. The van der Waals surface area contributed by atoms with Gasteiger partial charge in [0.2, 0.25) is 0 Å². The van der Waals surface area contributed by atoms with E-state index in [9.17, 15) is 4.79 Å². The summed E-state index contributed by atoms with van der Waals surface area (Å²) in [6.45, 7) is 5.44. The van der Waals surface area contributed by atoms with Crippen molar-refractivity contribution in [2.75, 3.05) is 26.7 Å². The summed E-state index contributed by atoms with van der Waals surface area (Å²) < 4.78 is 5.22. The molecule has 1 aliphatic rings. The molecular formula is C16H24N2O2. The van der Waals surface area contributed by atoms with Crippen LogP contribution in [0.25, 0.3) is 0 Å². The first-order valence-electron chi connectivity index (χ1n) is 7.21. The van der Waals surface area contributed by atoms with Crippen LogP contribution in [0, 0.1) is 5.41 Å². The first-order chi connectivity index (χ1) is 9.57. The number of hydrogen-bond donors (Lipinski definition) is 1. The Labute approximate surface area is 121 Å². The van der Waals surface area contributed by atoms with Crippen molar-refractivity contribution < 1.29 is 9.53 Å². The predicted octanol–water partition coefficient (Wildman–Crippen LogP) is 2.64. The van der Waals surface area contributed by atoms with E-state index in [0.717, 1.165) is 31.5 Å². The van der Waals surface area contributed by atoms with Gasteiger partial charge >= 0.3 is 6.09 Å². The van der Waals surface area contributed by atoms with Crippen molar-refractivity contribution in [3.8, 4) is 0 Å². The van der Waals surface area contributed by atoms with E-state index in [0.29, 0.717) is 13.2 Å². The predicted molar refractivity (Wildman–Crippen MR) is 79.5 cm³/mol. The zero-order chi connectivity index (χ0) is 14.4. The molecule has 0 unspecified atom stereocenters. The van der Waals surface area contributed by atoms with Crippen molar-refractivity contribution in [1.29, 1.82) is 0 Å². The van der Waals surface area contributed by atoms with Crippen LogP contribution in [0.2, 0.25) is 0 Å². The van der Waals surface area contributed by atoms with E-state index >= 15 is 0 Å². The van der Waals surface area contributed by atoms with Gasteiger partial charge in [0.25, 0.3) is 0 Å². The van der Waals surface area contributed by atoms with Crippen LogP contribution in [0.1, 0.15) is 25.3 Å². The Morgan fingerprint density at radius 1 is 1.30 bits per heavy atom. The highest BCUT2D eigenvalue weighted by Crippen LogP contribution is 2.29. The average Bonchev–Trinajstić information content (AvgIpc) is 2.48. The molecule has 1 heterocycles. The van der Waals surface area contributed by atoms with Gasteiger partial charge in [-0.1, -0.05) is 37.3 Å². The minimum atomic E-state index is -0.325. The fraction of sp³-hybridized carbons (Fsp3) is 0.562. The number of ether oxygens (including phenoxy) is 1. The molecule has 20 heavy (non-hydrogen) atoms. The smallest absolute Gasteiger partial charge is 0.407 e. The van der Waals surface area contributed by atoms with Crippen LogP contribution in [-0.4, -0.2) is 37.7 Å². The van der Waals surface area contributed by atoms with E-state index in [-0.39, 0.29) is 11.5 Å². The fourth-order valence-corrected chi connectivity index (χ4v) is 2.39. The third kappa shape index (κ3) is 4.53. The van der Waals surface area contributed by atoms with E-state index in [1.807, 2.05) is 30.3 Å². The van der Waals surface area contributed by atoms with Gasteiger partial charge in [-0.25, -0.2) is 4.79 Å². The molecule has 1 N–H and O–H groups in total. The van der Waals surface area contributed by atoms with Crippen molar-refractivity contribution in [1.82, 2.24) is 10.2 Å². The molecule has 0 radical (unpaired) electrons. The zero-order valence-corrected chi connectivity index (χ0v) is 12.4. The first-order valence-corrected chi connectivity index (χ1v) is 7.21. The van der Waals surface area contributed by atoms with Gasteiger partial charge in [0, 0.05) is 6.54 Å². The summed E-state index contributed by atoms with van der Waals surface area (Å²) in [4.78, 5) is 14.1. The quantitative estimate of drug-likeness (QED) is 0.919. The number of carbonyl (C=O) groups is 1. The fourth-order valence-electron chi connectivity index (χ4n) is 2.39. The Kier molecular flexibility index (Phi) is 5.01. The van der Waals surface area contributed by atoms with Crippen LogP contribution in [0.15, 0.2) is 30.3 Å². The lowest BCUT2D eigenvalue weighted by molar-refractivity contribution is 0.114. The molecule has 1 aromatic rings. The summed E-state index contributed by atoms with van der Waals surface area (Å²) in [5.74, 6) is 0. The van der Waals surface area contributed by atoms with Gasteiger partial charge in [0.05, 0.1) is 0 Å². The second-order valence-corrected chi connectivity index (χ2v) is 6.03. The van der Waals surface area contributed by atoms with Crippen LogP contribution in [0.3, 0.4) is 0 Å². The number of nitrogens with zero attached hydrogens (tertiary/aromatic N) is 1. The highest BCUT2D eigenvalue weighted by Gasteiger charge is 2.29. The Hall–Kier alpha value is -1.55. The number of likely N-dealkylation sites (tertiary alicyclic amines) is 1. The van der Waals surface area contributed by atoms with Crippen LogP contribution in [-0.2, 0) is 11.3 Å². The maximum absolute atomic E-state index is 11.7. The summed E-state index contributed by atoms with van der Waals surface area (Å²) in [7, 11) is 2.14. The van der Waals surface area contributed by atoms with Gasteiger partial charge in [0.1, 0.15) is 6.61 Å². The first kappa shape index (κ1) is 14.9. The minimum absolute atomic E-state index is 0.193. The van der Waals surface area contributed by atoms with Gasteiger partial charge in [-0.05, 0) is 44.0 Å². The lowest BCUT2D eigenvalue weighted by atomic mass is 9.80. The lowest BCUT2D eigenvalue weighted by Crippen LogP contribution is -2.43. The number of benzene rings is 1. The van der Waals surface area contributed by atoms with Gasteiger partial charge < -0.3 is 15.0 Å². The maximum atomic E-state index is 11.7. The Balaban J connectivity index is 1.70. The van der Waals surface area contributed by atoms with Gasteiger partial charge in [-0.3, -0.25) is 0 Å². The summed E-state index contributed by atoms with van der Waals surface area (Å²) in [5, 5.41) is 2.90. The van der Waals surface area contributed by atoms with E-state index in [4.69, 9.17) is 4.74 Å². The van der Waals surface area contributed by atoms with E-state index in [1.165, 1.54) is 0 Å². The van der Waals surface area contributed by atoms with E-state index < -0.39 is 0 Å². The molecule has 4 nitrogen and oxygen atoms in total. The van der Waals surface area contributed by atoms with E-state index in [2.05, 4.69) is 24.2 Å². The molecule has 4 heteroatoms. The second kappa shape index (κ2) is 6.75. The number of carbonyl (C=O) groups excluding carboxylic acids is 1. The average molecular weight is 276 g/mol. The Morgan fingerprint density at radius 3 is 2.60 bits per heavy atom. The van der Waals surface area contributed by atoms with Crippen molar-refractivity contribution in [3.63, 3.8) is 0 Å². The standard InChI is InChI=1S/C16H24N2O2/c1-16(8-10-18(2)11-9-16)13-17-15(19)20-12-14-6-4-3-5-7-14/h3-7H,8-13H2,1-2H3,(H,17,19). The van der Waals surface area contributed by atoms with E-state index in [1.54, 1.807) is 0 Å². The normalized spacial score (nSPS) is 18.5. The number of amides is 1. The minimum Gasteiger partial charge on any atom is -0.445 e. The maximum Gasteiger partial charge on any atom is 0.407 e. The van der Waals surface area contributed by atoms with Crippen LogP contribution in [0.5, 0.6) is 0 Å². The topological polar surface area (TPSA) is 41.6 Å². The molecule has 0 atom stereocenters. The lowest BCUT2D eigenvalue weighted by Gasteiger charge is -2.37. The molecule has 2 rings (SSSR count). The third-order valence-corrected chi connectivity index (χ3v) is 4.07. The zero-order valence-electron chi connectivity index (χ0n) is 12.4. The van der Waals surface area contributed by atoms with Crippen molar-refractivity contribution in [2.45, 2.75) is 26.4 Å². The summed E-state index contributed by atoms with van der Waals surface area (Å²) in [6, 6.07) is 9.73. The molecule has 0 saturated carbocycles. The summed E-state index contributed by atoms with van der Waals surface area (Å²) in [5.41, 5.74) is 1.20. The summed E-state index contributed by atoms with van der Waals surface area (Å²) >= 11 is 0.